The van der Waals surface area contributed by atoms with E-state index in [1.807, 2.05) is 32.0 Å². The molecule has 1 aromatic heterocycles. The predicted octanol–water partition coefficient (Wildman–Crippen LogP) is 2.60. The topological polar surface area (TPSA) is 60.5 Å². The fourth-order valence-electron chi connectivity index (χ4n) is 1.93. The van der Waals surface area contributed by atoms with Crippen LogP contribution >= 0.6 is 0 Å². The first-order chi connectivity index (χ1) is 11.7. The molecule has 0 atom stereocenters. The maximum absolute atomic E-state index is 12.1. The lowest BCUT2D eigenvalue weighted by atomic mass is 10.2. The van der Waals surface area contributed by atoms with Crippen molar-refractivity contribution < 1.29 is 14.3 Å². The Balaban J connectivity index is 1.78. The summed E-state index contributed by atoms with van der Waals surface area (Å²) in [6, 6.07) is 10.8. The number of benzene rings is 1. The Bertz CT molecular complexity index is 730. The third-order valence-electron chi connectivity index (χ3n) is 3.09. The maximum atomic E-state index is 12.1. The second-order valence-electron chi connectivity index (χ2n) is 4.89. The Kier molecular flexibility index (Phi) is 6.66. The van der Waals surface area contributed by atoms with Crippen LogP contribution in [0.4, 0.5) is 0 Å². The average Bonchev–Trinajstić information content (AvgIpc) is 2.60. The quantitative estimate of drug-likeness (QED) is 0.830. The molecule has 2 rings (SSSR count). The number of carbonyl (C=O) groups excluding carboxylic acids is 1. The summed E-state index contributed by atoms with van der Waals surface area (Å²) in [5.41, 5.74) is 1.44. The molecule has 0 bridgehead atoms. The average molecular weight is 324 g/mol. The van der Waals surface area contributed by atoms with Crippen LogP contribution in [-0.4, -0.2) is 30.6 Å². The highest BCUT2D eigenvalue weighted by Gasteiger charge is 2.10. The van der Waals surface area contributed by atoms with E-state index in [4.69, 9.17) is 9.47 Å². The van der Waals surface area contributed by atoms with Crippen molar-refractivity contribution in [3.05, 3.63) is 53.9 Å². The number of hydrogen-bond donors (Lipinski definition) is 1. The molecule has 0 unspecified atom stereocenters. The van der Waals surface area contributed by atoms with Gasteiger partial charge in [-0.05, 0) is 38.1 Å². The zero-order valence-corrected chi connectivity index (χ0v) is 13.8. The summed E-state index contributed by atoms with van der Waals surface area (Å²) in [7, 11) is 0. The Hall–Kier alpha value is -3.00. The molecule has 0 spiro atoms. The van der Waals surface area contributed by atoms with Crippen LogP contribution in [-0.2, 0) is 0 Å². The second kappa shape index (κ2) is 9.21. The molecule has 5 heteroatoms. The molecule has 0 saturated carbocycles. The number of nitrogens with one attached hydrogen (secondary N) is 1. The fourth-order valence-corrected chi connectivity index (χ4v) is 1.93. The van der Waals surface area contributed by atoms with E-state index in [9.17, 15) is 4.79 Å². The van der Waals surface area contributed by atoms with Crippen LogP contribution in [0.3, 0.4) is 0 Å². The summed E-state index contributed by atoms with van der Waals surface area (Å²) >= 11 is 0. The van der Waals surface area contributed by atoms with Gasteiger partial charge in [0.05, 0.1) is 24.9 Å². The van der Waals surface area contributed by atoms with Crippen LogP contribution in [0.25, 0.3) is 0 Å². The number of para-hydroxylation sites is 1. The highest BCUT2D eigenvalue weighted by atomic mass is 16.5. The first-order valence-corrected chi connectivity index (χ1v) is 7.72. The number of carbonyl (C=O) groups is 1. The van der Waals surface area contributed by atoms with E-state index in [-0.39, 0.29) is 19.1 Å². The van der Waals surface area contributed by atoms with Crippen molar-refractivity contribution in [3.63, 3.8) is 0 Å². The minimum Gasteiger partial charge on any atom is -0.493 e. The molecular weight excluding hydrogens is 304 g/mol. The first-order valence-electron chi connectivity index (χ1n) is 7.72. The van der Waals surface area contributed by atoms with Gasteiger partial charge in [0.15, 0.2) is 0 Å². The molecule has 1 aromatic carbocycles. The number of aryl methyl sites for hydroxylation is 1. The van der Waals surface area contributed by atoms with Gasteiger partial charge in [0.2, 0.25) is 0 Å². The van der Waals surface area contributed by atoms with Crippen molar-refractivity contribution in [2.24, 2.45) is 0 Å². The number of ether oxygens (including phenoxy) is 2. The van der Waals surface area contributed by atoms with Gasteiger partial charge in [-0.3, -0.25) is 9.78 Å². The van der Waals surface area contributed by atoms with E-state index in [2.05, 4.69) is 22.1 Å². The summed E-state index contributed by atoms with van der Waals surface area (Å²) in [5.74, 6) is 6.73. The van der Waals surface area contributed by atoms with Gasteiger partial charge in [0.1, 0.15) is 18.1 Å². The van der Waals surface area contributed by atoms with Gasteiger partial charge in [-0.15, -0.1) is 0 Å². The summed E-state index contributed by atoms with van der Waals surface area (Å²) in [4.78, 5) is 16.3. The van der Waals surface area contributed by atoms with E-state index in [1.165, 1.54) is 0 Å². The molecule has 1 amide bonds. The minimum atomic E-state index is -0.211. The lowest BCUT2D eigenvalue weighted by Gasteiger charge is -2.08. The molecule has 2 aromatic rings. The second-order valence-corrected chi connectivity index (χ2v) is 4.89. The number of pyridine rings is 1. The Morgan fingerprint density at radius 2 is 2.00 bits per heavy atom. The van der Waals surface area contributed by atoms with Crippen molar-refractivity contribution in [2.45, 2.75) is 13.8 Å². The Morgan fingerprint density at radius 3 is 2.75 bits per heavy atom. The van der Waals surface area contributed by atoms with Crippen LogP contribution in [0.5, 0.6) is 11.5 Å². The lowest BCUT2D eigenvalue weighted by molar-refractivity contribution is 0.0955. The number of nitrogens with zero attached hydrogens (tertiary/aromatic N) is 1. The molecule has 0 radical (unpaired) electrons. The van der Waals surface area contributed by atoms with Crippen LogP contribution in [0, 0.1) is 18.8 Å². The minimum absolute atomic E-state index is 0.211. The van der Waals surface area contributed by atoms with Crippen LogP contribution in [0.1, 0.15) is 23.0 Å². The number of hydrogen-bond acceptors (Lipinski definition) is 4. The van der Waals surface area contributed by atoms with Crippen LogP contribution in [0.2, 0.25) is 0 Å². The van der Waals surface area contributed by atoms with Gasteiger partial charge in [0.25, 0.3) is 5.91 Å². The first kappa shape index (κ1) is 17.4. The number of aromatic nitrogens is 1. The molecule has 0 saturated heterocycles. The van der Waals surface area contributed by atoms with E-state index >= 15 is 0 Å². The fraction of sp³-hybridized carbons (Fsp3) is 0.263. The zero-order valence-electron chi connectivity index (χ0n) is 13.8. The Morgan fingerprint density at radius 1 is 1.17 bits per heavy atom. The molecule has 1 heterocycles. The highest BCUT2D eigenvalue weighted by Crippen LogP contribution is 2.17. The van der Waals surface area contributed by atoms with Crippen molar-refractivity contribution >= 4 is 5.91 Å². The molecular formula is C19H20N2O3. The summed E-state index contributed by atoms with van der Waals surface area (Å²) in [6.45, 7) is 4.79. The van der Waals surface area contributed by atoms with Crippen molar-refractivity contribution in [2.75, 3.05) is 19.8 Å². The van der Waals surface area contributed by atoms with Gasteiger partial charge in [-0.1, -0.05) is 24.0 Å². The van der Waals surface area contributed by atoms with E-state index in [1.54, 1.807) is 24.4 Å². The van der Waals surface area contributed by atoms with E-state index in [0.717, 1.165) is 5.69 Å². The SMILES string of the molecule is CCOc1ccccc1C(=O)NCC#CCOc1ccc(C)nc1. The summed E-state index contributed by atoms with van der Waals surface area (Å²) in [6.07, 6.45) is 1.66. The molecule has 124 valence electrons. The van der Waals surface area contributed by atoms with Crippen molar-refractivity contribution in [1.29, 1.82) is 0 Å². The van der Waals surface area contributed by atoms with Crippen LogP contribution < -0.4 is 14.8 Å². The highest BCUT2D eigenvalue weighted by molar-refractivity contribution is 5.97. The molecule has 1 N–H and O–H groups in total. The molecule has 0 aliphatic carbocycles. The van der Waals surface area contributed by atoms with Gasteiger partial charge in [-0.2, -0.15) is 0 Å². The third kappa shape index (κ3) is 5.33. The molecule has 24 heavy (non-hydrogen) atoms. The zero-order chi connectivity index (χ0) is 17.2. The summed E-state index contributed by atoms with van der Waals surface area (Å²) < 4.78 is 10.9. The summed E-state index contributed by atoms with van der Waals surface area (Å²) in [5, 5.41) is 2.74. The third-order valence-corrected chi connectivity index (χ3v) is 3.09. The monoisotopic (exact) mass is 324 g/mol. The molecule has 0 aliphatic heterocycles. The Labute approximate surface area is 142 Å². The molecule has 5 nitrogen and oxygen atoms in total. The predicted molar refractivity (Wildman–Crippen MR) is 92.2 cm³/mol. The number of amides is 1. The van der Waals surface area contributed by atoms with Crippen LogP contribution in [0.15, 0.2) is 42.6 Å². The lowest BCUT2D eigenvalue weighted by Crippen LogP contribution is -2.24. The molecule has 0 fully saturated rings. The van der Waals surface area contributed by atoms with Gasteiger partial charge < -0.3 is 14.8 Å². The van der Waals surface area contributed by atoms with E-state index < -0.39 is 0 Å². The standard InChI is InChI=1S/C19H20N2O3/c1-3-23-18-9-5-4-8-17(18)19(22)20-12-6-7-13-24-16-11-10-15(2)21-14-16/h4-5,8-11,14H,3,12-13H2,1-2H3,(H,20,22). The smallest absolute Gasteiger partial charge is 0.255 e. The van der Waals surface area contributed by atoms with Crippen molar-refractivity contribution in [1.82, 2.24) is 10.3 Å². The van der Waals surface area contributed by atoms with Gasteiger partial charge in [0, 0.05) is 5.69 Å². The largest absolute Gasteiger partial charge is 0.493 e. The number of rotatable bonds is 6. The van der Waals surface area contributed by atoms with Gasteiger partial charge in [-0.25, -0.2) is 0 Å². The maximum Gasteiger partial charge on any atom is 0.255 e. The van der Waals surface area contributed by atoms with E-state index in [0.29, 0.717) is 23.7 Å². The molecule has 0 aliphatic rings. The van der Waals surface area contributed by atoms with Gasteiger partial charge >= 0.3 is 0 Å². The van der Waals surface area contributed by atoms with Crippen molar-refractivity contribution in [3.8, 4) is 23.3 Å². The normalized spacial score (nSPS) is 9.58.